The molecule has 0 bridgehead atoms. The number of sulfonamides is 1. The first-order valence-corrected chi connectivity index (χ1v) is 11.6. The van der Waals surface area contributed by atoms with E-state index in [1.165, 1.54) is 15.9 Å². The first-order chi connectivity index (χ1) is 14.1. The number of nitrogens with one attached hydrogen (secondary N) is 1. The van der Waals surface area contributed by atoms with Gasteiger partial charge in [-0.1, -0.05) is 44.2 Å². The fraction of sp³-hybridized carbons (Fsp3) is 0.435. The molecule has 1 aliphatic heterocycles. The van der Waals surface area contributed by atoms with Crippen LogP contribution in [0.4, 0.5) is 0 Å². The van der Waals surface area contributed by atoms with Gasteiger partial charge in [0.05, 0.1) is 4.90 Å². The van der Waals surface area contributed by atoms with Crippen LogP contribution in [0.1, 0.15) is 35.3 Å². The van der Waals surface area contributed by atoms with Gasteiger partial charge in [0.1, 0.15) is 0 Å². The lowest BCUT2D eigenvalue weighted by atomic mass is 9.93. The molecular formula is C23H31N3O3S. The lowest BCUT2D eigenvalue weighted by Gasteiger charge is -2.29. The summed E-state index contributed by atoms with van der Waals surface area (Å²) in [6.45, 7) is 6.30. The zero-order valence-corrected chi connectivity index (χ0v) is 19.0. The van der Waals surface area contributed by atoms with Gasteiger partial charge in [-0.05, 0) is 55.3 Å². The number of carbonyl (C=O) groups is 1. The summed E-state index contributed by atoms with van der Waals surface area (Å²) in [5.74, 6) is -0.261. The average Bonchev–Trinajstić information content (AvgIpc) is 2.71. The van der Waals surface area contributed by atoms with Crippen molar-refractivity contribution in [1.82, 2.24) is 14.5 Å². The van der Waals surface area contributed by atoms with Crippen molar-refractivity contribution in [2.24, 2.45) is 5.41 Å². The Hall–Kier alpha value is -2.22. The first kappa shape index (κ1) is 22.5. The van der Waals surface area contributed by atoms with Crippen molar-refractivity contribution in [3.63, 3.8) is 0 Å². The van der Waals surface area contributed by atoms with Crippen LogP contribution in [0.3, 0.4) is 0 Å². The summed E-state index contributed by atoms with van der Waals surface area (Å²) in [5.41, 5.74) is 2.49. The van der Waals surface area contributed by atoms with Crippen LogP contribution < -0.4 is 5.32 Å². The van der Waals surface area contributed by atoms with Gasteiger partial charge in [0.15, 0.2) is 0 Å². The highest BCUT2D eigenvalue weighted by Gasteiger charge is 2.29. The highest BCUT2D eigenvalue weighted by molar-refractivity contribution is 7.89. The van der Waals surface area contributed by atoms with E-state index in [4.69, 9.17) is 0 Å². The monoisotopic (exact) mass is 429 g/mol. The van der Waals surface area contributed by atoms with Gasteiger partial charge in [-0.15, -0.1) is 0 Å². The van der Waals surface area contributed by atoms with Gasteiger partial charge in [0, 0.05) is 31.7 Å². The van der Waals surface area contributed by atoms with Gasteiger partial charge in [0.2, 0.25) is 10.0 Å². The summed E-state index contributed by atoms with van der Waals surface area (Å²) >= 11 is 0. The third-order valence-corrected chi connectivity index (χ3v) is 7.14. The summed E-state index contributed by atoms with van der Waals surface area (Å²) in [7, 11) is 0.320. The van der Waals surface area contributed by atoms with Crippen LogP contribution in [-0.4, -0.2) is 57.3 Å². The van der Waals surface area contributed by atoms with E-state index in [9.17, 15) is 13.2 Å². The summed E-state index contributed by atoms with van der Waals surface area (Å²) in [4.78, 5) is 14.9. The van der Waals surface area contributed by atoms with Crippen molar-refractivity contribution >= 4 is 15.9 Å². The Bertz CT molecular complexity index is 1020. The maximum absolute atomic E-state index is 13.2. The number of hydrogen-bond acceptors (Lipinski definition) is 4. The summed E-state index contributed by atoms with van der Waals surface area (Å²) in [5, 5.41) is 2.94. The van der Waals surface area contributed by atoms with Crippen LogP contribution in [-0.2, 0) is 23.0 Å². The van der Waals surface area contributed by atoms with Gasteiger partial charge in [-0.2, -0.15) is 4.31 Å². The normalized spacial score (nSPS) is 15.1. The maximum Gasteiger partial charge on any atom is 0.251 e. The zero-order chi connectivity index (χ0) is 21.9. The Balaban J connectivity index is 1.74. The lowest BCUT2D eigenvalue weighted by Crippen LogP contribution is -2.40. The van der Waals surface area contributed by atoms with Crippen LogP contribution in [0.2, 0.25) is 0 Å². The molecule has 3 rings (SSSR count). The molecule has 0 unspecified atom stereocenters. The van der Waals surface area contributed by atoms with Gasteiger partial charge in [-0.25, -0.2) is 8.42 Å². The van der Waals surface area contributed by atoms with Crippen molar-refractivity contribution in [3.8, 4) is 0 Å². The molecule has 7 heteroatoms. The molecule has 0 fully saturated rings. The molecule has 0 atom stereocenters. The predicted octanol–water partition coefficient (Wildman–Crippen LogP) is 2.75. The standard InChI is InChI=1S/C23H31N3O3S/c1-23(2,17-25(3)4)16-24-22(27)19-10-7-11-21(14-19)30(28,29)26-13-12-18-8-5-6-9-20(18)15-26/h5-11,14H,12-13,15-17H2,1-4H3,(H,24,27). The van der Waals surface area contributed by atoms with Crippen molar-refractivity contribution in [3.05, 3.63) is 65.2 Å². The molecule has 0 spiro atoms. The van der Waals surface area contributed by atoms with Crippen LogP contribution in [0.15, 0.2) is 53.4 Å². The minimum Gasteiger partial charge on any atom is -0.351 e. The fourth-order valence-electron chi connectivity index (χ4n) is 3.96. The molecule has 0 saturated carbocycles. The topological polar surface area (TPSA) is 69.7 Å². The van der Waals surface area contributed by atoms with Crippen molar-refractivity contribution < 1.29 is 13.2 Å². The van der Waals surface area contributed by atoms with Crippen molar-refractivity contribution in [2.45, 2.75) is 31.7 Å². The van der Waals surface area contributed by atoms with E-state index >= 15 is 0 Å². The average molecular weight is 430 g/mol. The number of fused-ring (bicyclic) bond motifs is 1. The smallest absolute Gasteiger partial charge is 0.251 e. The van der Waals surface area contributed by atoms with Crippen LogP contribution >= 0.6 is 0 Å². The highest BCUT2D eigenvalue weighted by atomic mass is 32.2. The Morgan fingerprint density at radius 1 is 1.10 bits per heavy atom. The van der Waals surface area contributed by atoms with E-state index in [1.807, 2.05) is 38.4 Å². The first-order valence-electron chi connectivity index (χ1n) is 10.2. The van der Waals surface area contributed by atoms with Crippen LogP contribution in [0, 0.1) is 5.41 Å². The quantitative estimate of drug-likeness (QED) is 0.735. The molecule has 0 saturated heterocycles. The SMILES string of the molecule is CN(C)CC(C)(C)CNC(=O)c1cccc(S(=O)(=O)N2CCc3ccccc3C2)c1. The number of hydrogen-bond donors (Lipinski definition) is 1. The number of carbonyl (C=O) groups excluding carboxylic acids is 1. The molecule has 0 aliphatic carbocycles. The third kappa shape index (κ3) is 5.28. The van der Waals surface area contributed by atoms with Gasteiger partial charge in [-0.3, -0.25) is 4.79 Å². The Morgan fingerprint density at radius 2 is 1.80 bits per heavy atom. The molecule has 1 heterocycles. The van der Waals surface area contributed by atoms with Crippen LogP contribution in [0.25, 0.3) is 0 Å². The zero-order valence-electron chi connectivity index (χ0n) is 18.2. The molecule has 1 amide bonds. The summed E-state index contributed by atoms with van der Waals surface area (Å²) < 4.78 is 27.9. The Labute approximate surface area is 179 Å². The summed E-state index contributed by atoms with van der Waals surface area (Å²) in [6.07, 6.45) is 0.691. The molecule has 1 aliphatic rings. The molecule has 6 nitrogen and oxygen atoms in total. The minimum absolute atomic E-state index is 0.0932. The second-order valence-corrected chi connectivity index (χ2v) is 10.9. The van der Waals surface area contributed by atoms with E-state index in [1.54, 1.807) is 18.2 Å². The molecule has 30 heavy (non-hydrogen) atoms. The fourth-order valence-corrected chi connectivity index (χ4v) is 5.42. The lowest BCUT2D eigenvalue weighted by molar-refractivity contribution is 0.0929. The molecule has 0 aromatic heterocycles. The van der Waals surface area contributed by atoms with Crippen molar-refractivity contribution in [2.75, 3.05) is 33.7 Å². The van der Waals surface area contributed by atoms with E-state index in [0.29, 0.717) is 31.6 Å². The number of nitrogens with zero attached hydrogens (tertiary/aromatic N) is 2. The van der Waals surface area contributed by atoms with Gasteiger partial charge in [0.25, 0.3) is 5.91 Å². The van der Waals surface area contributed by atoms with Gasteiger partial charge < -0.3 is 10.2 Å². The number of rotatable bonds is 7. The molecule has 2 aromatic carbocycles. The van der Waals surface area contributed by atoms with E-state index in [0.717, 1.165) is 12.1 Å². The largest absolute Gasteiger partial charge is 0.351 e. The van der Waals surface area contributed by atoms with E-state index in [2.05, 4.69) is 24.1 Å². The number of amides is 1. The molecular weight excluding hydrogens is 398 g/mol. The maximum atomic E-state index is 13.2. The molecule has 1 N–H and O–H groups in total. The molecule has 0 radical (unpaired) electrons. The summed E-state index contributed by atoms with van der Waals surface area (Å²) in [6, 6.07) is 14.2. The third-order valence-electron chi connectivity index (χ3n) is 5.30. The molecule has 162 valence electrons. The van der Waals surface area contributed by atoms with E-state index < -0.39 is 10.0 Å². The Morgan fingerprint density at radius 3 is 2.50 bits per heavy atom. The second-order valence-electron chi connectivity index (χ2n) is 8.97. The molecule has 2 aromatic rings. The predicted molar refractivity (Wildman–Crippen MR) is 119 cm³/mol. The number of benzene rings is 2. The highest BCUT2D eigenvalue weighted by Crippen LogP contribution is 2.25. The van der Waals surface area contributed by atoms with Gasteiger partial charge >= 0.3 is 0 Å². The Kier molecular flexibility index (Phi) is 6.65. The second kappa shape index (κ2) is 8.88. The minimum atomic E-state index is -3.67. The van der Waals surface area contributed by atoms with Crippen LogP contribution in [0.5, 0.6) is 0 Å². The van der Waals surface area contributed by atoms with E-state index in [-0.39, 0.29) is 16.2 Å². The van der Waals surface area contributed by atoms with Crippen molar-refractivity contribution in [1.29, 1.82) is 0 Å².